The van der Waals surface area contributed by atoms with E-state index in [-0.39, 0.29) is 24.0 Å². The number of thiazole rings is 1. The number of rotatable bonds is 10. The number of halogens is 1. The van der Waals surface area contributed by atoms with Crippen LogP contribution in [0.2, 0.25) is 0 Å². The molecule has 0 amide bonds. The molecule has 2 rings (SSSR count). The Hall–Kier alpha value is -1.20. The molecule has 9 heteroatoms. The molecule has 0 aliphatic carbocycles. The van der Waals surface area contributed by atoms with Gasteiger partial charge in [-0.3, -0.25) is 4.99 Å². The number of thioether (sulfide) groups is 1. The van der Waals surface area contributed by atoms with Gasteiger partial charge in [0.15, 0.2) is 17.5 Å². The number of nitrogens with one attached hydrogen (secondary N) is 2. The van der Waals surface area contributed by atoms with E-state index in [1.165, 1.54) is 0 Å². The Morgan fingerprint density at radius 3 is 2.81 bits per heavy atom. The third-order valence-electron chi connectivity index (χ3n) is 3.28. The van der Waals surface area contributed by atoms with Crippen molar-refractivity contribution >= 4 is 58.7 Å². The average molecular weight is 522 g/mol. The summed E-state index contributed by atoms with van der Waals surface area (Å²) in [5.41, 5.74) is 0.908. The maximum absolute atomic E-state index is 5.63. The third kappa shape index (κ3) is 8.56. The molecule has 0 aliphatic rings. The maximum atomic E-state index is 5.63. The maximum Gasteiger partial charge on any atom is 0.195 e. The first-order valence-corrected chi connectivity index (χ1v) is 10.5. The first-order valence-electron chi connectivity index (χ1n) is 8.65. The number of nitrogens with zero attached hydrogens (tertiary/aromatic N) is 2. The largest absolute Gasteiger partial charge is 0.493 e. The van der Waals surface area contributed by atoms with Crippen molar-refractivity contribution in [2.45, 2.75) is 24.6 Å². The van der Waals surface area contributed by atoms with Crippen LogP contribution < -0.4 is 20.1 Å². The number of aliphatic imine (C=N–C) groups is 1. The van der Waals surface area contributed by atoms with E-state index in [2.05, 4.69) is 27.5 Å². The molecular weight excluding hydrogens is 495 g/mol. The third-order valence-corrected chi connectivity index (χ3v) is 5.33. The Morgan fingerprint density at radius 1 is 1.30 bits per heavy atom. The smallest absolute Gasteiger partial charge is 0.195 e. The molecule has 0 saturated heterocycles. The van der Waals surface area contributed by atoms with Crippen molar-refractivity contribution in [2.24, 2.45) is 4.99 Å². The number of aromatic nitrogens is 1. The number of anilines is 1. The zero-order valence-electron chi connectivity index (χ0n) is 15.9. The van der Waals surface area contributed by atoms with Gasteiger partial charge in [-0.05, 0) is 32.4 Å². The molecule has 27 heavy (non-hydrogen) atoms. The van der Waals surface area contributed by atoms with Crippen molar-refractivity contribution in [2.75, 3.05) is 37.9 Å². The van der Waals surface area contributed by atoms with E-state index >= 15 is 0 Å². The molecule has 2 aromatic rings. The monoisotopic (exact) mass is 522 g/mol. The van der Waals surface area contributed by atoms with Gasteiger partial charge in [-0.15, -0.1) is 35.3 Å². The predicted octanol–water partition coefficient (Wildman–Crippen LogP) is 4.73. The molecule has 6 nitrogen and oxygen atoms in total. The number of hydrogen-bond donors (Lipinski definition) is 2. The second-order valence-corrected chi connectivity index (χ2v) is 7.42. The van der Waals surface area contributed by atoms with Crippen molar-refractivity contribution in [3.63, 3.8) is 0 Å². The van der Waals surface area contributed by atoms with Crippen molar-refractivity contribution in [1.82, 2.24) is 10.3 Å². The lowest BCUT2D eigenvalue weighted by molar-refractivity contribution is 0.311. The molecule has 1 aromatic heterocycles. The first kappa shape index (κ1) is 23.8. The molecular formula is C18H27IN4O2S2. The minimum atomic E-state index is 0. The number of ether oxygens (including phenoxy) is 2. The molecule has 0 atom stereocenters. The van der Waals surface area contributed by atoms with Crippen LogP contribution in [0.25, 0.3) is 0 Å². The van der Waals surface area contributed by atoms with Crippen LogP contribution in [0.15, 0.2) is 39.1 Å². The van der Waals surface area contributed by atoms with Gasteiger partial charge in [-0.2, -0.15) is 0 Å². The fourth-order valence-electron chi connectivity index (χ4n) is 2.16. The van der Waals surface area contributed by atoms with Gasteiger partial charge in [-0.1, -0.05) is 11.8 Å². The Bertz CT molecular complexity index is 684. The van der Waals surface area contributed by atoms with E-state index in [1.54, 1.807) is 30.2 Å². The molecule has 0 aliphatic heterocycles. The van der Waals surface area contributed by atoms with E-state index < -0.39 is 0 Å². The molecule has 0 saturated carbocycles. The summed E-state index contributed by atoms with van der Waals surface area (Å²) in [6.45, 7) is 6.14. The molecule has 0 fully saturated rings. The summed E-state index contributed by atoms with van der Waals surface area (Å²) >= 11 is 3.45. The van der Waals surface area contributed by atoms with Gasteiger partial charge in [0.05, 0.1) is 13.7 Å². The van der Waals surface area contributed by atoms with Crippen LogP contribution in [0, 0.1) is 0 Å². The fraction of sp³-hybridized carbons (Fsp3) is 0.444. The molecule has 0 radical (unpaired) electrons. The van der Waals surface area contributed by atoms with Crippen LogP contribution in [0.3, 0.4) is 0 Å². The highest BCUT2D eigenvalue weighted by molar-refractivity contribution is 14.0. The van der Waals surface area contributed by atoms with Crippen LogP contribution in [0.5, 0.6) is 11.5 Å². The standard InChI is InChI=1S/C18H26N4O2S2.HI/c1-4-19-17(20-9-6-11-25-18-21-10-12-26-18)22-14-7-8-15(23-3)16(13-14)24-5-2;/h7-8,10,12-13H,4-6,9,11H2,1-3H3,(H2,19,20,22);1H. The topological polar surface area (TPSA) is 67.8 Å². The van der Waals surface area contributed by atoms with Gasteiger partial charge in [0.1, 0.15) is 4.34 Å². The van der Waals surface area contributed by atoms with Crippen LogP contribution >= 0.6 is 47.1 Å². The molecule has 2 N–H and O–H groups in total. The molecule has 1 aromatic carbocycles. The van der Waals surface area contributed by atoms with Gasteiger partial charge in [-0.25, -0.2) is 4.98 Å². The molecule has 0 unspecified atom stereocenters. The minimum absolute atomic E-state index is 0. The van der Waals surface area contributed by atoms with E-state index in [0.717, 1.165) is 52.7 Å². The number of hydrogen-bond acceptors (Lipinski definition) is 6. The summed E-state index contributed by atoms with van der Waals surface area (Å²) in [7, 11) is 1.64. The fourth-order valence-corrected chi connectivity index (χ4v) is 3.80. The molecule has 0 bridgehead atoms. The SMILES string of the molecule is CCNC(=NCCCSc1nccs1)Nc1ccc(OC)c(OCC)c1.I. The van der Waals surface area contributed by atoms with Crippen LogP contribution in [-0.4, -0.2) is 43.5 Å². The zero-order valence-corrected chi connectivity index (χ0v) is 19.8. The van der Waals surface area contributed by atoms with E-state index in [1.807, 2.05) is 36.7 Å². The lowest BCUT2D eigenvalue weighted by atomic mass is 10.2. The summed E-state index contributed by atoms with van der Waals surface area (Å²) in [5.74, 6) is 3.21. The van der Waals surface area contributed by atoms with Gasteiger partial charge in [0.25, 0.3) is 0 Å². The lowest BCUT2D eigenvalue weighted by Gasteiger charge is -2.14. The van der Waals surface area contributed by atoms with Crippen molar-refractivity contribution < 1.29 is 9.47 Å². The Morgan fingerprint density at radius 2 is 2.15 bits per heavy atom. The number of guanidine groups is 1. The first-order chi connectivity index (χ1) is 12.8. The highest BCUT2D eigenvalue weighted by Crippen LogP contribution is 2.30. The summed E-state index contributed by atoms with van der Waals surface area (Å²) in [4.78, 5) is 8.91. The average Bonchev–Trinajstić information content (AvgIpc) is 3.15. The second-order valence-electron chi connectivity index (χ2n) is 5.18. The Labute approximate surface area is 186 Å². The number of methoxy groups -OCH3 is 1. The quantitative estimate of drug-likeness (QED) is 0.155. The van der Waals surface area contributed by atoms with E-state index in [9.17, 15) is 0 Å². The van der Waals surface area contributed by atoms with Gasteiger partial charge in [0.2, 0.25) is 0 Å². The summed E-state index contributed by atoms with van der Waals surface area (Å²) < 4.78 is 12.1. The molecule has 150 valence electrons. The Balaban J connectivity index is 0.00000364. The normalized spacial score (nSPS) is 10.9. The van der Waals surface area contributed by atoms with Gasteiger partial charge in [0, 0.05) is 42.2 Å². The summed E-state index contributed by atoms with van der Waals surface area (Å²) in [6, 6.07) is 5.77. The highest BCUT2D eigenvalue weighted by atomic mass is 127. The van der Waals surface area contributed by atoms with E-state index in [4.69, 9.17) is 9.47 Å². The lowest BCUT2D eigenvalue weighted by Crippen LogP contribution is -2.30. The summed E-state index contributed by atoms with van der Waals surface area (Å²) in [6.07, 6.45) is 2.83. The van der Waals surface area contributed by atoms with Crippen molar-refractivity contribution in [1.29, 1.82) is 0 Å². The summed E-state index contributed by atoms with van der Waals surface area (Å²) in [5, 5.41) is 8.59. The molecule has 0 spiro atoms. The van der Waals surface area contributed by atoms with Crippen LogP contribution in [0.4, 0.5) is 5.69 Å². The molecule has 1 heterocycles. The van der Waals surface area contributed by atoms with Crippen molar-refractivity contribution in [3.05, 3.63) is 29.8 Å². The Kier molecular flexibility index (Phi) is 12.3. The number of benzene rings is 1. The van der Waals surface area contributed by atoms with Crippen LogP contribution in [0.1, 0.15) is 20.3 Å². The van der Waals surface area contributed by atoms with Gasteiger partial charge >= 0.3 is 0 Å². The minimum Gasteiger partial charge on any atom is -0.493 e. The van der Waals surface area contributed by atoms with E-state index in [0.29, 0.717) is 6.61 Å². The predicted molar refractivity (Wildman–Crippen MR) is 127 cm³/mol. The zero-order chi connectivity index (χ0) is 18.6. The van der Waals surface area contributed by atoms with Gasteiger partial charge < -0.3 is 20.1 Å². The second kappa shape index (κ2) is 13.9. The highest BCUT2D eigenvalue weighted by Gasteiger charge is 2.07. The van der Waals surface area contributed by atoms with Crippen LogP contribution in [-0.2, 0) is 0 Å². The van der Waals surface area contributed by atoms with Crippen molar-refractivity contribution in [3.8, 4) is 11.5 Å².